The number of hydrogen-bond acceptors (Lipinski definition) is 5. The highest BCUT2D eigenvalue weighted by atomic mass is 19.1. The number of halogens is 1. The van der Waals surface area contributed by atoms with Crippen LogP contribution in [-0.2, 0) is 27.5 Å². The van der Waals surface area contributed by atoms with Crippen LogP contribution in [0.2, 0.25) is 0 Å². The molecular weight excluding hydrogens is 387 g/mol. The second-order valence-corrected chi connectivity index (χ2v) is 6.80. The fraction of sp³-hybridized carbons (Fsp3) is 0.208. The zero-order valence-electron chi connectivity index (χ0n) is 16.3. The van der Waals surface area contributed by atoms with Crippen LogP contribution in [0.15, 0.2) is 72.8 Å². The maximum absolute atomic E-state index is 14.0. The van der Waals surface area contributed by atoms with E-state index in [-0.39, 0.29) is 26.2 Å². The number of benzene rings is 3. The van der Waals surface area contributed by atoms with Crippen molar-refractivity contribution in [2.24, 2.45) is 0 Å². The summed E-state index contributed by atoms with van der Waals surface area (Å²) in [4.78, 5) is 12.1. The predicted molar refractivity (Wildman–Crippen MR) is 107 cm³/mol. The molecule has 1 unspecified atom stereocenters. The molecule has 0 spiro atoms. The molecule has 0 aromatic heterocycles. The third-order valence-electron chi connectivity index (χ3n) is 4.60. The smallest absolute Gasteiger partial charge is 0.309 e. The number of esters is 1. The van der Waals surface area contributed by atoms with Gasteiger partial charge in [0.15, 0.2) is 0 Å². The normalized spacial score (nSPS) is 15.0. The number of carbonyl (C=O) groups is 1. The van der Waals surface area contributed by atoms with Gasteiger partial charge in [0, 0.05) is 16.7 Å². The molecule has 1 heterocycles. The minimum Gasteiger partial charge on any atom is -0.493 e. The first-order chi connectivity index (χ1) is 14.7. The Morgan fingerprint density at radius 2 is 1.77 bits per heavy atom. The van der Waals surface area contributed by atoms with E-state index in [1.807, 2.05) is 60.7 Å². The van der Waals surface area contributed by atoms with Crippen LogP contribution in [0.5, 0.6) is 11.5 Å². The minimum atomic E-state index is -0.599. The Bertz CT molecular complexity index is 991. The molecule has 30 heavy (non-hydrogen) atoms. The van der Waals surface area contributed by atoms with Crippen molar-refractivity contribution in [2.75, 3.05) is 6.61 Å². The van der Waals surface area contributed by atoms with Gasteiger partial charge in [0.25, 0.3) is 0 Å². The monoisotopic (exact) mass is 408 g/mol. The summed E-state index contributed by atoms with van der Waals surface area (Å²) in [6, 6.07) is 21.4. The van der Waals surface area contributed by atoms with E-state index in [9.17, 15) is 9.18 Å². The lowest BCUT2D eigenvalue weighted by Gasteiger charge is -2.28. The van der Waals surface area contributed by atoms with Gasteiger partial charge in [-0.15, -0.1) is 0 Å². The van der Waals surface area contributed by atoms with Crippen molar-refractivity contribution in [3.63, 3.8) is 0 Å². The van der Waals surface area contributed by atoms with Crippen LogP contribution < -0.4 is 9.47 Å². The van der Waals surface area contributed by atoms with Crippen LogP contribution in [0.4, 0.5) is 4.39 Å². The molecular formula is C24H21FO5. The van der Waals surface area contributed by atoms with Gasteiger partial charge in [-0.1, -0.05) is 48.5 Å². The topological polar surface area (TPSA) is 54.0 Å². The minimum absolute atomic E-state index is 0.0863. The van der Waals surface area contributed by atoms with E-state index in [2.05, 4.69) is 0 Å². The van der Waals surface area contributed by atoms with Crippen LogP contribution in [0.1, 0.15) is 29.4 Å². The molecule has 1 aliphatic heterocycles. The highest BCUT2D eigenvalue weighted by Crippen LogP contribution is 2.36. The van der Waals surface area contributed by atoms with E-state index in [1.165, 1.54) is 12.1 Å². The van der Waals surface area contributed by atoms with Gasteiger partial charge in [-0.2, -0.15) is 0 Å². The lowest BCUT2D eigenvalue weighted by atomic mass is 10.1. The number of para-hydroxylation sites is 1. The van der Waals surface area contributed by atoms with Crippen LogP contribution in [-0.4, -0.2) is 12.6 Å². The van der Waals surface area contributed by atoms with Crippen molar-refractivity contribution in [1.29, 1.82) is 0 Å². The van der Waals surface area contributed by atoms with E-state index in [0.29, 0.717) is 22.6 Å². The second kappa shape index (κ2) is 9.41. The van der Waals surface area contributed by atoms with Crippen molar-refractivity contribution in [3.8, 4) is 11.5 Å². The Morgan fingerprint density at radius 1 is 1.03 bits per heavy atom. The van der Waals surface area contributed by atoms with Gasteiger partial charge in [-0.25, -0.2) is 4.39 Å². The van der Waals surface area contributed by atoms with E-state index in [0.717, 1.165) is 5.56 Å². The number of ether oxygens (including phenoxy) is 4. The number of carbonyl (C=O) groups excluding carboxylic acids is 1. The molecule has 0 radical (unpaired) electrons. The number of fused-ring (bicyclic) bond motifs is 1. The molecule has 0 fully saturated rings. The third-order valence-corrected chi connectivity index (χ3v) is 4.60. The number of hydrogen-bond donors (Lipinski definition) is 0. The first-order valence-electron chi connectivity index (χ1n) is 9.67. The fourth-order valence-corrected chi connectivity index (χ4v) is 3.16. The average Bonchev–Trinajstić information content (AvgIpc) is 2.78. The summed E-state index contributed by atoms with van der Waals surface area (Å²) in [6.45, 7) is 0.314. The molecule has 1 aliphatic rings. The molecule has 0 aliphatic carbocycles. The molecule has 0 N–H and O–H groups in total. The summed E-state index contributed by atoms with van der Waals surface area (Å²) in [6.07, 6.45) is -0.513. The quantitative estimate of drug-likeness (QED) is 0.518. The molecule has 5 nitrogen and oxygen atoms in total. The van der Waals surface area contributed by atoms with E-state index >= 15 is 0 Å². The van der Waals surface area contributed by atoms with E-state index in [1.54, 1.807) is 0 Å². The molecule has 4 rings (SSSR count). The van der Waals surface area contributed by atoms with Gasteiger partial charge in [-0.05, 0) is 24.3 Å². The van der Waals surface area contributed by atoms with Crippen LogP contribution in [0, 0.1) is 5.82 Å². The zero-order chi connectivity index (χ0) is 20.8. The predicted octanol–water partition coefficient (Wildman–Crippen LogP) is 4.95. The van der Waals surface area contributed by atoms with Crippen molar-refractivity contribution in [1.82, 2.24) is 0 Å². The molecule has 0 saturated carbocycles. The largest absolute Gasteiger partial charge is 0.493 e. The molecule has 3 aromatic rings. The molecule has 3 aromatic carbocycles. The molecule has 6 heteroatoms. The fourth-order valence-electron chi connectivity index (χ4n) is 3.16. The Labute approximate surface area is 174 Å². The van der Waals surface area contributed by atoms with Crippen molar-refractivity contribution in [2.45, 2.75) is 25.9 Å². The average molecular weight is 408 g/mol. The lowest BCUT2D eigenvalue weighted by molar-refractivity contribution is -0.145. The molecule has 0 saturated heterocycles. The van der Waals surface area contributed by atoms with Crippen molar-refractivity contribution in [3.05, 3.63) is 95.3 Å². The van der Waals surface area contributed by atoms with E-state index < -0.39 is 18.1 Å². The SMILES string of the molecule is O=C(CCOc1ccccc1)OCc1cc(F)cc2c1OC(c1ccccc1)OC2. The Kier molecular flexibility index (Phi) is 6.25. The van der Waals surface area contributed by atoms with Gasteiger partial charge in [0.2, 0.25) is 6.29 Å². The Balaban J connectivity index is 1.37. The highest BCUT2D eigenvalue weighted by molar-refractivity contribution is 5.69. The summed E-state index contributed by atoms with van der Waals surface area (Å²) in [5.41, 5.74) is 1.90. The number of rotatable bonds is 7. The van der Waals surface area contributed by atoms with Gasteiger partial charge in [0.1, 0.15) is 23.9 Å². The van der Waals surface area contributed by atoms with Gasteiger partial charge < -0.3 is 18.9 Å². The summed E-state index contributed by atoms with van der Waals surface area (Å²) in [5, 5.41) is 0. The van der Waals surface area contributed by atoms with Crippen LogP contribution in [0.3, 0.4) is 0 Å². The molecule has 1 atom stereocenters. The molecule has 0 bridgehead atoms. The standard InChI is InChI=1S/C24H21FO5/c25-20-13-18(15-28-22(26)11-12-27-21-9-5-2-6-10-21)23-19(14-20)16-29-24(30-23)17-7-3-1-4-8-17/h1-10,13-14,24H,11-12,15-16H2. The first-order valence-corrected chi connectivity index (χ1v) is 9.67. The van der Waals surface area contributed by atoms with Crippen LogP contribution in [0.25, 0.3) is 0 Å². The Morgan fingerprint density at radius 3 is 2.53 bits per heavy atom. The first kappa shape index (κ1) is 19.9. The van der Waals surface area contributed by atoms with E-state index in [4.69, 9.17) is 18.9 Å². The van der Waals surface area contributed by atoms with Gasteiger partial charge in [-0.3, -0.25) is 4.79 Å². The maximum Gasteiger partial charge on any atom is 0.309 e. The van der Waals surface area contributed by atoms with Gasteiger partial charge in [0.05, 0.1) is 19.6 Å². The van der Waals surface area contributed by atoms with Crippen molar-refractivity contribution >= 4 is 5.97 Å². The third kappa shape index (κ3) is 4.96. The van der Waals surface area contributed by atoms with Crippen molar-refractivity contribution < 1.29 is 28.1 Å². The van der Waals surface area contributed by atoms with Crippen LogP contribution >= 0.6 is 0 Å². The lowest BCUT2D eigenvalue weighted by Crippen LogP contribution is -2.20. The molecule has 154 valence electrons. The second-order valence-electron chi connectivity index (χ2n) is 6.80. The summed E-state index contributed by atoms with van der Waals surface area (Å²) >= 11 is 0. The van der Waals surface area contributed by atoms with Gasteiger partial charge >= 0.3 is 5.97 Å². The molecule has 0 amide bonds. The maximum atomic E-state index is 14.0. The summed E-state index contributed by atoms with van der Waals surface area (Å²) < 4.78 is 36.5. The highest BCUT2D eigenvalue weighted by Gasteiger charge is 2.25. The zero-order valence-corrected chi connectivity index (χ0v) is 16.3. The summed E-state index contributed by atoms with van der Waals surface area (Å²) in [7, 11) is 0. The Hall–Kier alpha value is -3.38. The summed E-state index contributed by atoms with van der Waals surface area (Å²) in [5.74, 6) is 0.308.